The van der Waals surface area contributed by atoms with E-state index in [4.69, 9.17) is 25.8 Å². The van der Waals surface area contributed by atoms with Crippen molar-refractivity contribution in [1.29, 1.82) is 0 Å². The second kappa shape index (κ2) is 6.04. The van der Waals surface area contributed by atoms with E-state index in [-0.39, 0.29) is 6.79 Å². The first-order valence-electron chi connectivity index (χ1n) is 6.12. The number of halogens is 2. The van der Waals surface area contributed by atoms with Crippen molar-refractivity contribution in [2.24, 2.45) is 0 Å². The van der Waals surface area contributed by atoms with Crippen molar-refractivity contribution >= 4 is 27.5 Å². The van der Waals surface area contributed by atoms with Gasteiger partial charge in [-0.2, -0.15) is 0 Å². The largest absolute Gasteiger partial charge is 0.454 e. The van der Waals surface area contributed by atoms with Crippen molar-refractivity contribution < 1.29 is 14.2 Å². The van der Waals surface area contributed by atoms with Crippen LogP contribution in [0.15, 0.2) is 40.9 Å². The minimum atomic E-state index is 0.286. The maximum absolute atomic E-state index is 6.14. The quantitative estimate of drug-likeness (QED) is 0.805. The Morgan fingerprint density at radius 3 is 2.75 bits per heavy atom. The summed E-state index contributed by atoms with van der Waals surface area (Å²) < 4.78 is 17.3. The molecule has 3 nitrogen and oxygen atoms in total. The van der Waals surface area contributed by atoms with Gasteiger partial charge in [0, 0.05) is 9.50 Å². The second-order valence-corrected chi connectivity index (χ2v) is 5.74. The minimum Gasteiger partial charge on any atom is -0.454 e. The molecular formula is C15H12BrClO3. The molecule has 2 aromatic carbocycles. The van der Waals surface area contributed by atoms with Crippen LogP contribution in [-0.2, 0) is 18.0 Å². The monoisotopic (exact) mass is 354 g/mol. The van der Waals surface area contributed by atoms with Crippen LogP contribution in [0.25, 0.3) is 0 Å². The van der Waals surface area contributed by atoms with E-state index in [1.165, 1.54) is 0 Å². The van der Waals surface area contributed by atoms with Gasteiger partial charge in [0.1, 0.15) is 0 Å². The van der Waals surface area contributed by atoms with Gasteiger partial charge < -0.3 is 14.2 Å². The van der Waals surface area contributed by atoms with Crippen LogP contribution in [0.1, 0.15) is 11.1 Å². The lowest BCUT2D eigenvalue weighted by Crippen LogP contribution is -1.95. The van der Waals surface area contributed by atoms with Gasteiger partial charge in [-0.25, -0.2) is 0 Å². The molecule has 1 aliphatic rings. The Hall–Kier alpha value is -1.23. The average Bonchev–Trinajstić information content (AvgIpc) is 2.89. The molecule has 0 N–H and O–H groups in total. The van der Waals surface area contributed by atoms with Gasteiger partial charge in [-0.05, 0) is 35.4 Å². The molecule has 0 saturated heterocycles. The van der Waals surface area contributed by atoms with E-state index in [1.54, 1.807) is 0 Å². The summed E-state index contributed by atoms with van der Waals surface area (Å²) in [5, 5.41) is 0.699. The zero-order chi connectivity index (χ0) is 13.9. The number of rotatable bonds is 4. The zero-order valence-corrected chi connectivity index (χ0v) is 12.9. The van der Waals surface area contributed by atoms with Crippen LogP contribution in [0, 0.1) is 0 Å². The average molecular weight is 356 g/mol. The number of fused-ring (bicyclic) bond motifs is 1. The van der Waals surface area contributed by atoms with Crippen LogP contribution < -0.4 is 9.47 Å². The van der Waals surface area contributed by atoms with Crippen molar-refractivity contribution in [3.63, 3.8) is 0 Å². The summed E-state index contributed by atoms with van der Waals surface area (Å²) >= 11 is 9.52. The van der Waals surface area contributed by atoms with Gasteiger partial charge in [-0.1, -0.05) is 39.7 Å². The Morgan fingerprint density at radius 2 is 1.90 bits per heavy atom. The maximum Gasteiger partial charge on any atom is 0.231 e. The number of hydrogen-bond donors (Lipinski definition) is 0. The van der Waals surface area contributed by atoms with Gasteiger partial charge >= 0.3 is 0 Å². The lowest BCUT2D eigenvalue weighted by molar-refractivity contribution is 0.107. The second-order valence-electron chi connectivity index (χ2n) is 4.42. The molecule has 2 aromatic rings. The molecule has 1 heterocycles. The third-order valence-corrected chi connectivity index (χ3v) is 3.82. The van der Waals surface area contributed by atoms with E-state index in [9.17, 15) is 0 Å². The minimum absolute atomic E-state index is 0.286. The van der Waals surface area contributed by atoms with E-state index in [0.29, 0.717) is 18.2 Å². The summed E-state index contributed by atoms with van der Waals surface area (Å²) in [5.41, 5.74) is 2.01. The van der Waals surface area contributed by atoms with Gasteiger partial charge in [0.05, 0.1) is 13.2 Å². The van der Waals surface area contributed by atoms with Crippen LogP contribution in [0.5, 0.6) is 11.5 Å². The Kier molecular flexibility index (Phi) is 4.15. The highest BCUT2D eigenvalue weighted by Crippen LogP contribution is 2.32. The predicted octanol–water partition coefficient (Wildman–Crippen LogP) is 4.55. The summed E-state index contributed by atoms with van der Waals surface area (Å²) in [6, 6.07) is 11.6. The molecule has 0 atom stereocenters. The Balaban J connectivity index is 1.60. The van der Waals surface area contributed by atoms with Crippen LogP contribution in [0.2, 0.25) is 5.02 Å². The molecule has 0 spiro atoms. The fourth-order valence-electron chi connectivity index (χ4n) is 1.95. The van der Waals surface area contributed by atoms with Crippen molar-refractivity contribution in [2.75, 3.05) is 6.79 Å². The van der Waals surface area contributed by atoms with Crippen molar-refractivity contribution in [3.8, 4) is 11.5 Å². The zero-order valence-electron chi connectivity index (χ0n) is 10.6. The van der Waals surface area contributed by atoms with Crippen molar-refractivity contribution in [1.82, 2.24) is 0 Å². The van der Waals surface area contributed by atoms with Crippen LogP contribution in [-0.4, -0.2) is 6.79 Å². The molecule has 104 valence electrons. The topological polar surface area (TPSA) is 27.7 Å². The highest BCUT2D eigenvalue weighted by molar-refractivity contribution is 9.10. The fraction of sp³-hybridized carbons (Fsp3) is 0.200. The molecule has 5 heteroatoms. The summed E-state index contributed by atoms with van der Waals surface area (Å²) in [6.45, 7) is 1.26. The summed E-state index contributed by atoms with van der Waals surface area (Å²) in [7, 11) is 0. The molecule has 1 aliphatic heterocycles. The fourth-order valence-corrected chi connectivity index (χ4v) is 2.68. The smallest absolute Gasteiger partial charge is 0.231 e. The van der Waals surface area contributed by atoms with E-state index < -0.39 is 0 Å². The third-order valence-electron chi connectivity index (χ3n) is 2.98. The van der Waals surface area contributed by atoms with E-state index in [2.05, 4.69) is 15.9 Å². The molecule has 3 rings (SSSR count). The van der Waals surface area contributed by atoms with Gasteiger partial charge in [0.2, 0.25) is 6.79 Å². The maximum atomic E-state index is 6.14. The van der Waals surface area contributed by atoms with Gasteiger partial charge in [-0.3, -0.25) is 0 Å². The highest BCUT2D eigenvalue weighted by Gasteiger charge is 2.13. The van der Waals surface area contributed by atoms with Crippen molar-refractivity contribution in [3.05, 3.63) is 57.0 Å². The SMILES string of the molecule is Clc1cc(Br)ccc1COCc1ccc2c(c1)OCO2. The van der Waals surface area contributed by atoms with E-state index >= 15 is 0 Å². The van der Waals surface area contributed by atoms with Crippen molar-refractivity contribution in [2.45, 2.75) is 13.2 Å². The molecule has 0 bridgehead atoms. The first kappa shape index (κ1) is 13.7. The molecular weight excluding hydrogens is 344 g/mol. The molecule has 0 radical (unpaired) electrons. The van der Waals surface area contributed by atoms with E-state index in [0.717, 1.165) is 27.1 Å². The molecule has 0 aromatic heterocycles. The molecule has 0 aliphatic carbocycles. The number of ether oxygens (including phenoxy) is 3. The van der Waals surface area contributed by atoms with Gasteiger partial charge in [0.25, 0.3) is 0 Å². The first-order chi connectivity index (χ1) is 9.72. The highest BCUT2D eigenvalue weighted by atomic mass is 79.9. The van der Waals surface area contributed by atoms with Crippen LogP contribution in [0.3, 0.4) is 0 Å². The molecule has 0 amide bonds. The Morgan fingerprint density at radius 1 is 1.05 bits per heavy atom. The van der Waals surface area contributed by atoms with Gasteiger partial charge in [-0.15, -0.1) is 0 Å². The molecule has 0 saturated carbocycles. The van der Waals surface area contributed by atoms with Crippen LogP contribution in [0.4, 0.5) is 0 Å². The Bertz CT molecular complexity index is 631. The van der Waals surface area contributed by atoms with E-state index in [1.807, 2.05) is 36.4 Å². The Labute approximate surface area is 130 Å². The third kappa shape index (κ3) is 3.08. The number of hydrogen-bond acceptors (Lipinski definition) is 3. The molecule has 0 fully saturated rings. The van der Waals surface area contributed by atoms with Crippen LogP contribution >= 0.6 is 27.5 Å². The molecule has 20 heavy (non-hydrogen) atoms. The predicted molar refractivity (Wildman–Crippen MR) is 80.2 cm³/mol. The summed E-state index contributed by atoms with van der Waals surface area (Å²) in [4.78, 5) is 0. The summed E-state index contributed by atoms with van der Waals surface area (Å²) in [5.74, 6) is 1.55. The number of benzene rings is 2. The van der Waals surface area contributed by atoms with Gasteiger partial charge in [0.15, 0.2) is 11.5 Å². The lowest BCUT2D eigenvalue weighted by Gasteiger charge is -2.07. The lowest BCUT2D eigenvalue weighted by atomic mass is 10.2. The standard InChI is InChI=1S/C15H12BrClO3/c16-12-3-2-11(13(17)6-12)8-18-7-10-1-4-14-15(5-10)20-9-19-14/h1-6H,7-9H2. The molecule has 0 unspecified atom stereocenters. The normalized spacial score (nSPS) is 12.7. The summed E-state index contributed by atoms with van der Waals surface area (Å²) in [6.07, 6.45) is 0. The first-order valence-corrected chi connectivity index (χ1v) is 7.30.